The second kappa shape index (κ2) is 7.55. The van der Waals surface area contributed by atoms with Crippen LogP contribution in [0.25, 0.3) is 0 Å². The highest BCUT2D eigenvalue weighted by Crippen LogP contribution is 2.48. The molecule has 1 N–H and O–H groups in total. The molecule has 132 valence electrons. The van der Waals surface area contributed by atoms with Crippen LogP contribution in [0, 0.1) is 5.92 Å². The highest BCUT2D eigenvalue weighted by atomic mass is 16.3. The lowest BCUT2D eigenvalue weighted by atomic mass is 9.65. The third kappa shape index (κ3) is 3.70. The topological polar surface area (TPSA) is 23.5 Å². The Morgan fingerprint density at radius 3 is 2.24 bits per heavy atom. The smallest absolute Gasteiger partial charge is 0.0871 e. The largest absolute Gasteiger partial charge is 0.385 e. The monoisotopic (exact) mass is 335 g/mol. The van der Waals surface area contributed by atoms with Crippen molar-refractivity contribution >= 4 is 0 Å². The Labute approximate surface area is 151 Å². The van der Waals surface area contributed by atoms with E-state index in [0.717, 1.165) is 19.3 Å². The van der Waals surface area contributed by atoms with Crippen molar-refractivity contribution in [2.24, 2.45) is 5.92 Å². The first-order valence-electron chi connectivity index (χ1n) is 9.17. The van der Waals surface area contributed by atoms with Crippen LogP contribution in [0.5, 0.6) is 0 Å². The van der Waals surface area contributed by atoms with Gasteiger partial charge in [0.15, 0.2) is 0 Å². The lowest BCUT2D eigenvalue weighted by Gasteiger charge is -2.47. The van der Waals surface area contributed by atoms with E-state index in [2.05, 4.69) is 80.2 Å². The average molecular weight is 335 g/mol. The molecule has 0 spiro atoms. The first-order chi connectivity index (χ1) is 12.0. The molecule has 0 bridgehead atoms. The van der Waals surface area contributed by atoms with Gasteiger partial charge in [-0.15, -0.1) is 6.58 Å². The van der Waals surface area contributed by atoms with Crippen molar-refractivity contribution in [1.29, 1.82) is 0 Å². The lowest BCUT2D eigenvalue weighted by Crippen LogP contribution is -2.47. The molecule has 1 fully saturated rings. The van der Waals surface area contributed by atoms with E-state index >= 15 is 0 Å². The Balaban J connectivity index is 1.96. The summed E-state index contributed by atoms with van der Waals surface area (Å²) in [7, 11) is 4.21. The Morgan fingerprint density at radius 2 is 1.68 bits per heavy atom. The lowest BCUT2D eigenvalue weighted by molar-refractivity contribution is -0.0453. The standard InChI is InChI=1S/C23H29NO/c1-4-23(25)16-15-20(18-11-7-5-8-12-18)17-21(23)22(24(2)3)19-13-9-6-10-14-19/h4-14,20-22,25H,1,15-17H2,2-3H3. The third-order valence-corrected chi connectivity index (χ3v) is 5.78. The maximum absolute atomic E-state index is 11.3. The van der Waals surface area contributed by atoms with Gasteiger partial charge in [0.05, 0.1) is 5.60 Å². The minimum atomic E-state index is -0.823. The molecule has 3 rings (SSSR count). The van der Waals surface area contributed by atoms with E-state index in [4.69, 9.17) is 0 Å². The molecular weight excluding hydrogens is 306 g/mol. The summed E-state index contributed by atoms with van der Waals surface area (Å²) in [6, 6.07) is 21.4. The number of hydrogen-bond acceptors (Lipinski definition) is 2. The summed E-state index contributed by atoms with van der Waals surface area (Å²) in [5, 5.41) is 11.3. The van der Waals surface area contributed by atoms with Gasteiger partial charge < -0.3 is 10.0 Å². The van der Waals surface area contributed by atoms with Crippen molar-refractivity contribution in [3.05, 3.63) is 84.4 Å². The van der Waals surface area contributed by atoms with E-state index in [1.54, 1.807) is 6.08 Å². The van der Waals surface area contributed by atoms with Crippen molar-refractivity contribution in [1.82, 2.24) is 4.90 Å². The first kappa shape index (κ1) is 17.9. The van der Waals surface area contributed by atoms with Gasteiger partial charge in [-0.1, -0.05) is 66.7 Å². The molecule has 0 radical (unpaired) electrons. The summed E-state index contributed by atoms with van der Waals surface area (Å²) >= 11 is 0. The molecule has 25 heavy (non-hydrogen) atoms. The summed E-state index contributed by atoms with van der Waals surface area (Å²) in [6.07, 6.45) is 4.50. The van der Waals surface area contributed by atoms with Crippen LogP contribution in [-0.2, 0) is 0 Å². The normalized spacial score (nSPS) is 27.8. The van der Waals surface area contributed by atoms with Crippen molar-refractivity contribution in [2.45, 2.75) is 36.8 Å². The Hall–Kier alpha value is -1.90. The van der Waals surface area contributed by atoms with Crippen LogP contribution in [0.3, 0.4) is 0 Å². The summed E-state index contributed by atoms with van der Waals surface area (Å²) < 4.78 is 0. The van der Waals surface area contributed by atoms with E-state index in [9.17, 15) is 5.11 Å². The molecule has 1 saturated carbocycles. The second-order valence-corrected chi connectivity index (χ2v) is 7.50. The molecule has 0 aliphatic heterocycles. The Morgan fingerprint density at radius 1 is 1.08 bits per heavy atom. The van der Waals surface area contributed by atoms with Crippen LogP contribution >= 0.6 is 0 Å². The molecule has 2 aromatic carbocycles. The second-order valence-electron chi connectivity index (χ2n) is 7.50. The molecule has 0 amide bonds. The Kier molecular flexibility index (Phi) is 5.41. The zero-order valence-electron chi connectivity index (χ0n) is 15.3. The summed E-state index contributed by atoms with van der Waals surface area (Å²) in [6.45, 7) is 3.97. The van der Waals surface area contributed by atoms with Gasteiger partial charge in [0.25, 0.3) is 0 Å². The first-order valence-corrected chi connectivity index (χ1v) is 9.17. The summed E-state index contributed by atoms with van der Waals surface area (Å²) in [4.78, 5) is 2.24. The average Bonchev–Trinajstić information content (AvgIpc) is 2.65. The minimum Gasteiger partial charge on any atom is -0.385 e. The maximum Gasteiger partial charge on any atom is 0.0871 e. The van der Waals surface area contributed by atoms with Crippen LogP contribution in [-0.4, -0.2) is 29.7 Å². The van der Waals surface area contributed by atoms with Crippen LogP contribution in [0.2, 0.25) is 0 Å². The van der Waals surface area contributed by atoms with E-state index in [0.29, 0.717) is 5.92 Å². The highest BCUT2D eigenvalue weighted by molar-refractivity contribution is 5.26. The summed E-state index contributed by atoms with van der Waals surface area (Å²) in [5.41, 5.74) is 1.81. The number of rotatable bonds is 5. The van der Waals surface area contributed by atoms with Crippen molar-refractivity contribution < 1.29 is 5.11 Å². The SMILES string of the molecule is C=CC1(O)CCC(c2ccccc2)CC1C(c1ccccc1)N(C)C. The zero-order valence-corrected chi connectivity index (χ0v) is 15.3. The van der Waals surface area contributed by atoms with E-state index in [-0.39, 0.29) is 12.0 Å². The molecule has 0 saturated heterocycles. The predicted octanol–water partition coefficient (Wildman–Crippen LogP) is 4.79. The van der Waals surface area contributed by atoms with E-state index < -0.39 is 5.60 Å². The molecule has 2 aromatic rings. The van der Waals surface area contributed by atoms with Gasteiger partial charge in [0.2, 0.25) is 0 Å². The van der Waals surface area contributed by atoms with Crippen LogP contribution in [0.15, 0.2) is 73.3 Å². The fraction of sp³-hybridized carbons (Fsp3) is 0.391. The van der Waals surface area contributed by atoms with E-state index in [1.807, 2.05) is 6.07 Å². The minimum absolute atomic E-state index is 0.112. The van der Waals surface area contributed by atoms with E-state index in [1.165, 1.54) is 11.1 Å². The Bertz CT molecular complexity index is 682. The van der Waals surface area contributed by atoms with Gasteiger partial charge in [-0.2, -0.15) is 0 Å². The molecule has 4 unspecified atom stereocenters. The zero-order chi connectivity index (χ0) is 17.9. The van der Waals surface area contributed by atoms with Crippen molar-refractivity contribution in [3.8, 4) is 0 Å². The van der Waals surface area contributed by atoms with Crippen LogP contribution in [0.1, 0.15) is 42.3 Å². The molecule has 0 heterocycles. The predicted molar refractivity (Wildman–Crippen MR) is 105 cm³/mol. The highest BCUT2D eigenvalue weighted by Gasteiger charge is 2.45. The molecule has 2 heteroatoms. The van der Waals surface area contributed by atoms with Gasteiger partial charge in [0, 0.05) is 12.0 Å². The van der Waals surface area contributed by atoms with Gasteiger partial charge in [-0.25, -0.2) is 0 Å². The fourth-order valence-corrected chi connectivity index (χ4v) is 4.44. The molecule has 1 aliphatic carbocycles. The fourth-order valence-electron chi connectivity index (χ4n) is 4.44. The van der Waals surface area contributed by atoms with Gasteiger partial charge >= 0.3 is 0 Å². The number of aliphatic hydroxyl groups is 1. The molecule has 2 nitrogen and oxygen atoms in total. The quantitative estimate of drug-likeness (QED) is 0.794. The molecule has 0 aromatic heterocycles. The van der Waals surface area contributed by atoms with Gasteiger partial charge in [-0.05, 0) is 50.4 Å². The van der Waals surface area contributed by atoms with Gasteiger partial charge in [-0.3, -0.25) is 0 Å². The molecule has 1 aliphatic rings. The number of hydrogen-bond donors (Lipinski definition) is 1. The van der Waals surface area contributed by atoms with Crippen LogP contribution < -0.4 is 0 Å². The third-order valence-electron chi connectivity index (χ3n) is 5.78. The number of nitrogens with zero attached hydrogens (tertiary/aromatic N) is 1. The van der Waals surface area contributed by atoms with Gasteiger partial charge in [0.1, 0.15) is 0 Å². The number of benzene rings is 2. The summed E-state index contributed by atoms with van der Waals surface area (Å²) in [5.74, 6) is 0.596. The van der Waals surface area contributed by atoms with Crippen molar-refractivity contribution in [3.63, 3.8) is 0 Å². The van der Waals surface area contributed by atoms with Crippen LogP contribution in [0.4, 0.5) is 0 Å². The molecule has 4 atom stereocenters. The maximum atomic E-state index is 11.3. The molecular formula is C23H29NO. The van der Waals surface area contributed by atoms with Crippen molar-refractivity contribution in [2.75, 3.05) is 14.1 Å².